The van der Waals surface area contributed by atoms with Crippen LogP contribution in [0, 0.1) is 5.92 Å². The highest BCUT2D eigenvalue weighted by Crippen LogP contribution is 2.49. The van der Waals surface area contributed by atoms with Crippen molar-refractivity contribution in [2.24, 2.45) is 5.92 Å². The van der Waals surface area contributed by atoms with Crippen LogP contribution >= 0.6 is 19.3 Å². The molecule has 3 aromatic rings. The Bertz CT molecular complexity index is 1250. The van der Waals surface area contributed by atoms with Crippen LogP contribution in [-0.2, 0) is 13.9 Å². The minimum Gasteiger partial charge on any atom is -0.480 e. The lowest BCUT2D eigenvalue weighted by Crippen LogP contribution is -2.35. The molecule has 182 valence electrons. The van der Waals surface area contributed by atoms with Gasteiger partial charge in [0.15, 0.2) is 11.2 Å². The number of methoxy groups -OCH3 is 1. The first kappa shape index (κ1) is 24.2. The van der Waals surface area contributed by atoms with Crippen LogP contribution in [0.5, 0.6) is 11.6 Å². The molecule has 1 aromatic carbocycles. The van der Waals surface area contributed by atoms with E-state index in [9.17, 15) is 14.5 Å². The highest BCUT2D eigenvalue weighted by Gasteiger charge is 2.37. The summed E-state index contributed by atoms with van der Waals surface area (Å²) in [6.45, 7) is 1.43. The van der Waals surface area contributed by atoms with Crippen molar-refractivity contribution in [3.8, 4) is 11.6 Å². The molecule has 0 radical (unpaired) electrons. The molecule has 1 unspecified atom stereocenters. The summed E-state index contributed by atoms with van der Waals surface area (Å²) in [5, 5.41) is 11.9. The lowest BCUT2D eigenvalue weighted by molar-refractivity contribution is -0.138. The Balaban J connectivity index is 1.43. The molecule has 12 nitrogen and oxygen atoms in total. The number of halogens is 1. The van der Waals surface area contributed by atoms with Crippen molar-refractivity contribution in [3.63, 3.8) is 0 Å². The number of carboxylic acids is 1. The van der Waals surface area contributed by atoms with Crippen LogP contribution < -0.4 is 20.1 Å². The van der Waals surface area contributed by atoms with Gasteiger partial charge in [0.2, 0.25) is 11.8 Å². The van der Waals surface area contributed by atoms with Gasteiger partial charge in [-0.15, -0.1) is 0 Å². The van der Waals surface area contributed by atoms with Crippen LogP contribution in [0.15, 0.2) is 30.6 Å². The first-order valence-electron chi connectivity index (χ1n) is 10.4. The van der Waals surface area contributed by atoms with Crippen LogP contribution in [0.25, 0.3) is 11.2 Å². The van der Waals surface area contributed by atoms with E-state index in [1.165, 1.54) is 20.1 Å². The summed E-state index contributed by atoms with van der Waals surface area (Å²) in [6.07, 6.45) is 3.04. The van der Waals surface area contributed by atoms with Crippen LogP contribution in [0.1, 0.15) is 25.8 Å². The number of aliphatic carboxylic acids is 1. The van der Waals surface area contributed by atoms with Gasteiger partial charge in [-0.25, -0.2) is 9.55 Å². The van der Waals surface area contributed by atoms with Gasteiger partial charge in [-0.05, 0) is 37.8 Å². The molecule has 0 saturated heterocycles. The van der Waals surface area contributed by atoms with Crippen molar-refractivity contribution in [1.82, 2.24) is 24.6 Å². The third-order valence-corrected chi connectivity index (χ3v) is 7.40. The Morgan fingerprint density at radius 1 is 1.38 bits per heavy atom. The number of nitrogens with zero attached hydrogens (tertiary/aromatic N) is 4. The number of ether oxygens (including phenoxy) is 1. The minimum absolute atomic E-state index is 0.0497. The van der Waals surface area contributed by atoms with Crippen molar-refractivity contribution in [2.75, 3.05) is 19.5 Å². The van der Waals surface area contributed by atoms with Gasteiger partial charge < -0.3 is 24.7 Å². The van der Waals surface area contributed by atoms with E-state index in [1.54, 1.807) is 24.5 Å². The van der Waals surface area contributed by atoms with E-state index < -0.39 is 19.8 Å². The number of carboxylic acid groups (broad SMARTS) is 1. The Morgan fingerprint density at radius 2 is 2.12 bits per heavy atom. The molecule has 0 spiro atoms. The Kier molecular flexibility index (Phi) is 6.94. The number of imidazole rings is 1. The number of nitrogens with two attached hydrogens (primary N) is 1. The summed E-state index contributed by atoms with van der Waals surface area (Å²) in [4.78, 5) is 23.9. The summed E-state index contributed by atoms with van der Waals surface area (Å²) in [5.74, 6) is -0.633. The largest absolute Gasteiger partial charge is 0.480 e. The van der Waals surface area contributed by atoms with Crippen LogP contribution in [0.3, 0.4) is 0 Å². The SMILES string of the molecule is COc1nc(N)nc2c1ncn2C1CC(COP(=O)(N[C@@H](C)C(=O)O)Oc2ccccc2Cl)C1. The monoisotopic (exact) mass is 510 g/mol. The molecule has 2 heterocycles. The van der Waals surface area contributed by atoms with Crippen molar-refractivity contribution < 1.29 is 28.3 Å². The second kappa shape index (κ2) is 9.75. The van der Waals surface area contributed by atoms with Crippen LogP contribution in [0.2, 0.25) is 5.02 Å². The third kappa shape index (κ3) is 5.10. The lowest BCUT2D eigenvalue weighted by Gasteiger charge is -2.36. The molecule has 4 rings (SSSR count). The van der Waals surface area contributed by atoms with E-state index in [-0.39, 0.29) is 35.3 Å². The molecule has 0 aliphatic heterocycles. The standard InChI is InChI=1S/C20H24ClN6O6P/c1-11(19(28)29)26-34(30,33-15-6-4-3-5-14(15)21)32-9-12-7-13(8-12)27-10-23-16-17(27)24-20(22)25-18(16)31-2/h3-6,10-13H,7-9H2,1-2H3,(H,26,30)(H,28,29)(H2,22,24,25)/t11-,12?,13?,34?/m0/s1. The van der Waals surface area contributed by atoms with Gasteiger partial charge in [-0.1, -0.05) is 23.7 Å². The fraction of sp³-hybridized carbons (Fsp3) is 0.400. The number of carbonyl (C=O) groups is 1. The van der Waals surface area contributed by atoms with Crippen molar-refractivity contribution in [2.45, 2.75) is 31.8 Å². The number of hydrogen-bond acceptors (Lipinski definition) is 9. The number of para-hydroxylation sites is 1. The van der Waals surface area contributed by atoms with Crippen molar-refractivity contribution in [1.29, 1.82) is 0 Å². The van der Waals surface area contributed by atoms with Gasteiger partial charge in [-0.2, -0.15) is 15.1 Å². The fourth-order valence-electron chi connectivity index (χ4n) is 3.61. The van der Waals surface area contributed by atoms with Gasteiger partial charge in [-0.3, -0.25) is 9.32 Å². The third-order valence-electron chi connectivity index (χ3n) is 5.46. The van der Waals surface area contributed by atoms with Crippen LogP contribution in [-0.4, -0.2) is 50.4 Å². The van der Waals surface area contributed by atoms with Crippen molar-refractivity contribution in [3.05, 3.63) is 35.6 Å². The molecule has 0 bridgehead atoms. The molecular weight excluding hydrogens is 487 g/mol. The zero-order chi connectivity index (χ0) is 24.5. The molecular formula is C20H24ClN6O6P. The number of anilines is 1. The van der Waals surface area contributed by atoms with Crippen LogP contribution in [0.4, 0.5) is 5.95 Å². The molecule has 4 N–H and O–H groups in total. The smallest absolute Gasteiger partial charge is 0.459 e. The number of nitrogens with one attached hydrogen (secondary N) is 1. The first-order chi connectivity index (χ1) is 16.2. The van der Waals surface area contributed by atoms with Crippen molar-refractivity contribution >= 4 is 42.4 Å². The molecule has 1 saturated carbocycles. The normalized spacial score (nSPS) is 20.3. The number of rotatable bonds is 10. The predicted molar refractivity (Wildman–Crippen MR) is 124 cm³/mol. The Labute approximate surface area is 200 Å². The van der Waals surface area contributed by atoms with Gasteiger partial charge in [0.1, 0.15) is 11.8 Å². The number of fused-ring (bicyclic) bond motifs is 1. The number of aromatic nitrogens is 4. The van der Waals surface area contributed by atoms with Gasteiger partial charge in [0.05, 0.1) is 25.1 Å². The molecule has 14 heteroatoms. The zero-order valence-electron chi connectivity index (χ0n) is 18.4. The van der Waals surface area contributed by atoms with E-state index in [1.807, 2.05) is 4.57 Å². The van der Waals surface area contributed by atoms with E-state index in [0.29, 0.717) is 29.9 Å². The second-order valence-electron chi connectivity index (χ2n) is 7.91. The summed E-state index contributed by atoms with van der Waals surface area (Å²) in [6, 6.07) is 5.35. The summed E-state index contributed by atoms with van der Waals surface area (Å²) >= 11 is 6.10. The van der Waals surface area contributed by atoms with E-state index >= 15 is 0 Å². The average molecular weight is 511 g/mol. The summed E-state index contributed by atoms with van der Waals surface area (Å²) < 4.78 is 31.6. The number of hydrogen-bond donors (Lipinski definition) is 3. The predicted octanol–water partition coefficient (Wildman–Crippen LogP) is 3.29. The van der Waals surface area contributed by atoms with Gasteiger partial charge >= 0.3 is 13.7 Å². The molecule has 1 aliphatic carbocycles. The highest BCUT2D eigenvalue weighted by atomic mass is 35.5. The highest BCUT2D eigenvalue weighted by molar-refractivity contribution is 7.52. The molecule has 1 aliphatic rings. The maximum atomic E-state index is 13.3. The Morgan fingerprint density at radius 3 is 2.79 bits per heavy atom. The molecule has 34 heavy (non-hydrogen) atoms. The van der Waals surface area contributed by atoms with E-state index in [2.05, 4.69) is 20.0 Å². The second-order valence-corrected chi connectivity index (χ2v) is 10.0. The maximum Gasteiger partial charge on any atom is 0.459 e. The average Bonchev–Trinajstić information content (AvgIpc) is 3.17. The van der Waals surface area contributed by atoms with Gasteiger partial charge in [0.25, 0.3) is 0 Å². The number of benzene rings is 1. The quantitative estimate of drug-likeness (QED) is 0.343. The van der Waals surface area contributed by atoms with E-state index in [0.717, 1.165) is 0 Å². The molecule has 2 atom stereocenters. The molecule has 0 amide bonds. The van der Waals surface area contributed by atoms with E-state index in [4.69, 9.17) is 31.1 Å². The first-order valence-corrected chi connectivity index (χ1v) is 12.3. The summed E-state index contributed by atoms with van der Waals surface area (Å²) in [5.41, 5.74) is 6.86. The fourth-order valence-corrected chi connectivity index (χ4v) is 5.43. The Hall–Kier alpha value is -2.92. The minimum atomic E-state index is -4.04. The lowest BCUT2D eigenvalue weighted by atomic mass is 9.81. The summed E-state index contributed by atoms with van der Waals surface area (Å²) in [7, 11) is -2.55. The topological polar surface area (TPSA) is 164 Å². The molecule has 1 fully saturated rings. The number of nitrogen functional groups attached to an aromatic ring is 1. The molecule has 2 aromatic heterocycles. The maximum absolute atomic E-state index is 13.3. The van der Waals surface area contributed by atoms with Gasteiger partial charge in [0, 0.05) is 6.04 Å². The zero-order valence-corrected chi connectivity index (χ0v) is 20.1.